The van der Waals surface area contributed by atoms with E-state index in [0.29, 0.717) is 10.3 Å². The Bertz CT molecular complexity index is 558. The molecular formula is C11H10BrFN4O. The molecule has 18 heavy (non-hydrogen) atoms. The van der Waals surface area contributed by atoms with Gasteiger partial charge in [0.25, 0.3) is 5.91 Å². The zero-order valence-corrected chi connectivity index (χ0v) is 11.1. The molecule has 0 saturated heterocycles. The molecule has 1 amide bonds. The first-order valence-electron chi connectivity index (χ1n) is 5.12. The van der Waals surface area contributed by atoms with Gasteiger partial charge in [-0.25, -0.2) is 9.37 Å². The molecule has 5 nitrogen and oxygen atoms in total. The molecule has 0 aliphatic rings. The van der Waals surface area contributed by atoms with Gasteiger partial charge in [-0.15, -0.1) is 0 Å². The summed E-state index contributed by atoms with van der Waals surface area (Å²) in [5.41, 5.74) is 0.290. The van der Waals surface area contributed by atoms with E-state index in [9.17, 15) is 9.18 Å². The first-order valence-corrected chi connectivity index (χ1v) is 5.92. The summed E-state index contributed by atoms with van der Waals surface area (Å²) in [5, 5.41) is 6.35. The van der Waals surface area contributed by atoms with Crippen molar-refractivity contribution in [3.8, 4) is 0 Å². The fourth-order valence-electron chi connectivity index (χ4n) is 1.45. The molecule has 0 radical (unpaired) electrons. The van der Waals surface area contributed by atoms with E-state index in [2.05, 4.69) is 31.1 Å². The normalized spacial score (nSPS) is 10.4. The number of hydrogen-bond acceptors (Lipinski definition) is 3. The quantitative estimate of drug-likeness (QED) is 0.942. The third-order valence-electron chi connectivity index (χ3n) is 2.37. The van der Waals surface area contributed by atoms with Crippen LogP contribution in [-0.4, -0.2) is 33.0 Å². The van der Waals surface area contributed by atoms with Crippen LogP contribution in [0.4, 0.5) is 4.39 Å². The van der Waals surface area contributed by atoms with Crippen LogP contribution in [0.1, 0.15) is 16.2 Å². The van der Waals surface area contributed by atoms with Crippen molar-refractivity contribution in [2.24, 2.45) is 0 Å². The first-order chi connectivity index (χ1) is 8.58. The highest BCUT2D eigenvalue weighted by Crippen LogP contribution is 2.17. The molecule has 1 aromatic heterocycles. The van der Waals surface area contributed by atoms with Crippen LogP contribution >= 0.6 is 15.9 Å². The van der Waals surface area contributed by atoms with Gasteiger partial charge in [0.15, 0.2) is 0 Å². The summed E-state index contributed by atoms with van der Waals surface area (Å²) in [7, 11) is 1.62. The van der Waals surface area contributed by atoms with Crippen LogP contribution in [-0.2, 0) is 6.54 Å². The van der Waals surface area contributed by atoms with E-state index < -0.39 is 5.82 Å². The maximum atomic E-state index is 13.3. The summed E-state index contributed by atoms with van der Waals surface area (Å²) in [6.07, 6.45) is 1.37. The van der Waals surface area contributed by atoms with Gasteiger partial charge in [-0.2, -0.15) is 5.10 Å². The number of H-pyrrole nitrogens is 1. The Kier molecular flexibility index (Phi) is 3.71. The second-order valence-corrected chi connectivity index (χ2v) is 4.58. The fraction of sp³-hybridized carbons (Fsp3) is 0.182. The Morgan fingerprint density at radius 2 is 2.33 bits per heavy atom. The minimum atomic E-state index is -0.464. The van der Waals surface area contributed by atoms with Crippen molar-refractivity contribution in [1.29, 1.82) is 0 Å². The predicted octanol–water partition coefficient (Wildman–Crippen LogP) is 1.98. The second-order valence-electron chi connectivity index (χ2n) is 3.72. The molecule has 0 saturated carbocycles. The van der Waals surface area contributed by atoms with Crippen LogP contribution < -0.4 is 0 Å². The zero-order valence-electron chi connectivity index (χ0n) is 9.52. The van der Waals surface area contributed by atoms with Crippen molar-refractivity contribution < 1.29 is 9.18 Å². The standard InChI is InChI=1S/C11H10BrFN4O/c1-17(5-10-14-6-15-16-10)11(18)7-2-3-8(12)9(13)4-7/h2-4,6H,5H2,1H3,(H,14,15,16). The molecule has 0 aliphatic carbocycles. The number of nitrogens with zero attached hydrogens (tertiary/aromatic N) is 3. The van der Waals surface area contributed by atoms with E-state index in [1.54, 1.807) is 13.1 Å². The van der Waals surface area contributed by atoms with Crippen molar-refractivity contribution in [3.05, 3.63) is 46.2 Å². The first kappa shape index (κ1) is 12.7. The van der Waals surface area contributed by atoms with Crippen LogP contribution in [0.3, 0.4) is 0 Å². The largest absolute Gasteiger partial charge is 0.334 e. The molecule has 94 valence electrons. The SMILES string of the molecule is CN(Cc1ncn[nH]1)C(=O)c1ccc(Br)c(F)c1. The monoisotopic (exact) mass is 312 g/mol. The summed E-state index contributed by atoms with van der Waals surface area (Å²) in [6, 6.07) is 4.26. The lowest BCUT2D eigenvalue weighted by Gasteiger charge is -2.15. The molecule has 2 rings (SSSR count). The van der Waals surface area contributed by atoms with Gasteiger partial charge in [0.1, 0.15) is 18.0 Å². The number of aromatic amines is 1. The number of rotatable bonds is 3. The number of benzene rings is 1. The van der Waals surface area contributed by atoms with Gasteiger partial charge in [-0.1, -0.05) is 0 Å². The van der Waals surface area contributed by atoms with E-state index in [0.717, 1.165) is 0 Å². The molecule has 0 spiro atoms. The molecule has 0 atom stereocenters. The van der Waals surface area contributed by atoms with Crippen LogP contribution in [0.5, 0.6) is 0 Å². The highest BCUT2D eigenvalue weighted by Gasteiger charge is 2.14. The van der Waals surface area contributed by atoms with E-state index >= 15 is 0 Å². The number of amides is 1. The molecule has 2 aromatic rings. The van der Waals surface area contributed by atoms with Crippen molar-refractivity contribution in [3.63, 3.8) is 0 Å². The summed E-state index contributed by atoms with van der Waals surface area (Å²) >= 11 is 3.04. The van der Waals surface area contributed by atoms with E-state index in [1.807, 2.05) is 0 Å². The molecule has 1 heterocycles. The molecule has 1 N–H and O–H groups in total. The van der Waals surface area contributed by atoms with Crippen LogP contribution in [0.2, 0.25) is 0 Å². The average Bonchev–Trinajstić information content (AvgIpc) is 2.84. The molecular weight excluding hydrogens is 303 g/mol. The highest BCUT2D eigenvalue weighted by atomic mass is 79.9. The molecule has 0 unspecified atom stereocenters. The van der Waals surface area contributed by atoms with Crippen molar-refractivity contribution in [1.82, 2.24) is 20.1 Å². The topological polar surface area (TPSA) is 61.9 Å². The lowest BCUT2D eigenvalue weighted by Crippen LogP contribution is -2.26. The summed E-state index contributed by atoms with van der Waals surface area (Å²) in [5.74, 6) is -0.171. The number of nitrogens with one attached hydrogen (secondary N) is 1. The van der Waals surface area contributed by atoms with Crippen LogP contribution in [0.25, 0.3) is 0 Å². The van der Waals surface area contributed by atoms with Crippen molar-refractivity contribution in [2.75, 3.05) is 7.05 Å². The Morgan fingerprint density at radius 3 is 2.94 bits per heavy atom. The lowest BCUT2D eigenvalue weighted by molar-refractivity contribution is 0.0781. The van der Waals surface area contributed by atoms with Crippen LogP contribution in [0, 0.1) is 5.82 Å². The van der Waals surface area contributed by atoms with Gasteiger partial charge in [0, 0.05) is 12.6 Å². The molecule has 0 aliphatic heterocycles. The van der Waals surface area contributed by atoms with Crippen LogP contribution in [0.15, 0.2) is 29.0 Å². The summed E-state index contributed by atoms with van der Waals surface area (Å²) < 4.78 is 13.7. The maximum absolute atomic E-state index is 13.3. The maximum Gasteiger partial charge on any atom is 0.254 e. The predicted molar refractivity (Wildman–Crippen MR) is 66.3 cm³/mol. The van der Waals surface area contributed by atoms with E-state index in [-0.39, 0.29) is 18.0 Å². The minimum absolute atomic E-state index is 0.280. The van der Waals surface area contributed by atoms with Gasteiger partial charge in [-0.05, 0) is 34.1 Å². The lowest BCUT2D eigenvalue weighted by atomic mass is 10.2. The third kappa shape index (κ3) is 2.73. The number of hydrogen-bond donors (Lipinski definition) is 1. The number of aromatic nitrogens is 3. The van der Waals surface area contributed by atoms with Gasteiger partial charge in [0.05, 0.1) is 11.0 Å². The third-order valence-corrected chi connectivity index (χ3v) is 3.01. The zero-order chi connectivity index (χ0) is 13.1. The molecule has 1 aromatic carbocycles. The van der Waals surface area contributed by atoms with E-state index in [4.69, 9.17) is 0 Å². The van der Waals surface area contributed by atoms with Gasteiger partial charge in [0.2, 0.25) is 0 Å². The average molecular weight is 313 g/mol. The summed E-state index contributed by atoms with van der Waals surface area (Å²) in [6.45, 7) is 0.288. The van der Waals surface area contributed by atoms with Crippen molar-refractivity contribution in [2.45, 2.75) is 6.54 Å². The number of carbonyl (C=O) groups excluding carboxylic acids is 1. The summed E-state index contributed by atoms with van der Waals surface area (Å²) in [4.78, 5) is 17.4. The van der Waals surface area contributed by atoms with Gasteiger partial charge < -0.3 is 4.90 Å². The Balaban J connectivity index is 2.12. The van der Waals surface area contributed by atoms with Crippen molar-refractivity contribution >= 4 is 21.8 Å². The Hall–Kier alpha value is -1.76. The van der Waals surface area contributed by atoms with Gasteiger partial charge in [-0.3, -0.25) is 9.89 Å². The second kappa shape index (κ2) is 5.26. The Labute approximate surface area is 111 Å². The molecule has 0 bridgehead atoms. The molecule has 0 fully saturated rings. The smallest absolute Gasteiger partial charge is 0.254 e. The number of carbonyl (C=O) groups is 1. The molecule has 7 heteroatoms. The number of halogens is 2. The Morgan fingerprint density at radius 1 is 1.56 bits per heavy atom. The fourth-order valence-corrected chi connectivity index (χ4v) is 1.70. The minimum Gasteiger partial charge on any atom is -0.334 e. The van der Waals surface area contributed by atoms with Gasteiger partial charge >= 0.3 is 0 Å². The highest BCUT2D eigenvalue weighted by molar-refractivity contribution is 9.10. The van der Waals surface area contributed by atoms with E-state index in [1.165, 1.54) is 23.4 Å².